The van der Waals surface area contributed by atoms with Crippen LogP contribution in [0.4, 0.5) is 0 Å². The summed E-state index contributed by atoms with van der Waals surface area (Å²) < 4.78 is 1.99. The van der Waals surface area contributed by atoms with Gasteiger partial charge in [0, 0.05) is 44.4 Å². The van der Waals surface area contributed by atoms with Gasteiger partial charge in [-0.15, -0.1) is 0 Å². The second kappa shape index (κ2) is 8.09. The molecule has 0 aromatic carbocycles. The second-order valence-corrected chi connectivity index (χ2v) is 6.75. The van der Waals surface area contributed by atoms with Crippen molar-refractivity contribution in [3.05, 3.63) is 78.1 Å². The molecule has 27 heavy (non-hydrogen) atoms. The molecule has 1 unspecified atom stereocenters. The highest BCUT2D eigenvalue weighted by Crippen LogP contribution is 2.24. The molecule has 0 fully saturated rings. The van der Waals surface area contributed by atoms with Crippen LogP contribution in [-0.2, 0) is 24.4 Å². The molecular formula is C20H22N6O. The van der Waals surface area contributed by atoms with E-state index in [1.807, 2.05) is 47.4 Å². The van der Waals surface area contributed by atoms with Crippen LogP contribution >= 0.6 is 0 Å². The molecule has 0 radical (unpaired) electrons. The standard InChI is InChI=1S/C20H22N6O/c27-20(23-12-17-5-1-2-8-22-17)10-19-15-25(13-16-4-3-7-21-11-16)14-18-6-9-24-26(18)19/h1-9,11,19H,10,12-15H2,(H,23,27). The maximum atomic E-state index is 12.5. The third-order valence-electron chi connectivity index (χ3n) is 4.70. The Morgan fingerprint density at radius 3 is 2.93 bits per heavy atom. The first-order valence-corrected chi connectivity index (χ1v) is 9.08. The van der Waals surface area contributed by atoms with Crippen molar-refractivity contribution in [2.45, 2.75) is 32.1 Å². The topological polar surface area (TPSA) is 75.9 Å². The van der Waals surface area contributed by atoms with Crippen LogP contribution in [0.2, 0.25) is 0 Å². The number of carbonyl (C=O) groups is 1. The van der Waals surface area contributed by atoms with Crippen molar-refractivity contribution >= 4 is 5.91 Å². The minimum atomic E-state index is 0.00957. The van der Waals surface area contributed by atoms with Crippen LogP contribution in [0.5, 0.6) is 0 Å². The SMILES string of the molecule is O=C(CC1CN(Cc2cccnc2)Cc2ccnn21)NCc1ccccn1. The Hall–Kier alpha value is -3.06. The van der Waals surface area contributed by atoms with Gasteiger partial charge in [-0.25, -0.2) is 0 Å². The first kappa shape index (κ1) is 17.4. The van der Waals surface area contributed by atoms with Gasteiger partial charge in [-0.3, -0.25) is 24.3 Å². The van der Waals surface area contributed by atoms with Crippen LogP contribution in [0.3, 0.4) is 0 Å². The molecule has 1 aliphatic rings. The van der Waals surface area contributed by atoms with Gasteiger partial charge in [-0.2, -0.15) is 5.10 Å². The summed E-state index contributed by atoms with van der Waals surface area (Å²) in [7, 11) is 0. The fourth-order valence-electron chi connectivity index (χ4n) is 3.46. The molecule has 138 valence electrons. The Balaban J connectivity index is 1.39. The van der Waals surface area contributed by atoms with E-state index < -0.39 is 0 Å². The summed E-state index contributed by atoms with van der Waals surface area (Å²) in [5.41, 5.74) is 3.16. The van der Waals surface area contributed by atoms with Crippen LogP contribution in [0.15, 0.2) is 61.2 Å². The van der Waals surface area contributed by atoms with Gasteiger partial charge >= 0.3 is 0 Å². The highest BCUT2D eigenvalue weighted by atomic mass is 16.1. The van der Waals surface area contributed by atoms with Crippen LogP contribution in [0.1, 0.15) is 29.4 Å². The van der Waals surface area contributed by atoms with E-state index in [-0.39, 0.29) is 11.9 Å². The number of hydrogen-bond acceptors (Lipinski definition) is 5. The van der Waals surface area contributed by atoms with E-state index >= 15 is 0 Å². The number of fused-ring (bicyclic) bond motifs is 1. The maximum Gasteiger partial charge on any atom is 0.222 e. The van der Waals surface area contributed by atoms with E-state index in [2.05, 4.69) is 31.3 Å². The Kier molecular flexibility index (Phi) is 5.20. The Morgan fingerprint density at radius 1 is 1.15 bits per heavy atom. The Labute approximate surface area is 158 Å². The number of amides is 1. The highest BCUT2D eigenvalue weighted by molar-refractivity contribution is 5.76. The normalized spacial score (nSPS) is 16.7. The number of hydrogen-bond donors (Lipinski definition) is 1. The third kappa shape index (κ3) is 4.38. The Bertz CT molecular complexity index is 880. The van der Waals surface area contributed by atoms with Gasteiger partial charge in [0.2, 0.25) is 5.91 Å². The summed E-state index contributed by atoms with van der Waals surface area (Å²) >= 11 is 0. The van der Waals surface area contributed by atoms with Crippen LogP contribution in [-0.4, -0.2) is 37.1 Å². The number of rotatable bonds is 6. The van der Waals surface area contributed by atoms with Crippen molar-refractivity contribution in [2.24, 2.45) is 0 Å². The van der Waals surface area contributed by atoms with Gasteiger partial charge in [0.25, 0.3) is 0 Å². The molecule has 1 atom stereocenters. The lowest BCUT2D eigenvalue weighted by Crippen LogP contribution is -2.39. The van der Waals surface area contributed by atoms with Crippen molar-refractivity contribution in [2.75, 3.05) is 6.54 Å². The van der Waals surface area contributed by atoms with Crippen molar-refractivity contribution < 1.29 is 4.79 Å². The first-order chi connectivity index (χ1) is 13.3. The molecule has 0 saturated heterocycles. The van der Waals surface area contributed by atoms with Gasteiger partial charge in [0.1, 0.15) is 0 Å². The van der Waals surface area contributed by atoms with Gasteiger partial charge in [0.15, 0.2) is 0 Å². The molecule has 0 bridgehead atoms. The summed E-state index contributed by atoms with van der Waals surface area (Å²) in [6.45, 7) is 2.85. The molecule has 0 saturated carbocycles. The van der Waals surface area contributed by atoms with E-state index in [9.17, 15) is 4.79 Å². The smallest absolute Gasteiger partial charge is 0.222 e. The van der Waals surface area contributed by atoms with E-state index in [1.54, 1.807) is 12.4 Å². The molecule has 4 heterocycles. The molecule has 7 heteroatoms. The molecule has 3 aromatic rings. The average Bonchev–Trinajstić information content (AvgIpc) is 3.17. The summed E-state index contributed by atoms with van der Waals surface area (Å²) in [4.78, 5) is 23.2. The third-order valence-corrected chi connectivity index (χ3v) is 4.70. The zero-order chi connectivity index (χ0) is 18.5. The van der Waals surface area contributed by atoms with Crippen molar-refractivity contribution in [3.63, 3.8) is 0 Å². The van der Waals surface area contributed by atoms with Gasteiger partial charge < -0.3 is 5.32 Å². The molecule has 1 N–H and O–H groups in total. The minimum Gasteiger partial charge on any atom is -0.350 e. The van der Waals surface area contributed by atoms with E-state index in [4.69, 9.17) is 0 Å². The molecule has 4 rings (SSSR count). The van der Waals surface area contributed by atoms with Crippen LogP contribution in [0.25, 0.3) is 0 Å². The lowest BCUT2D eigenvalue weighted by molar-refractivity contribution is -0.122. The molecule has 0 aliphatic carbocycles. The predicted octanol–water partition coefficient (Wildman–Crippen LogP) is 1.94. The number of aromatic nitrogens is 4. The van der Waals surface area contributed by atoms with Gasteiger partial charge in [-0.1, -0.05) is 12.1 Å². The van der Waals surface area contributed by atoms with Crippen LogP contribution < -0.4 is 5.32 Å². The molecular weight excluding hydrogens is 340 g/mol. The average molecular weight is 362 g/mol. The number of pyridine rings is 2. The van der Waals surface area contributed by atoms with Crippen molar-refractivity contribution in [1.82, 2.24) is 30.0 Å². The first-order valence-electron chi connectivity index (χ1n) is 9.08. The monoisotopic (exact) mass is 362 g/mol. The fraction of sp³-hybridized carbons (Fsp3) is 0.300. The quantitative estimate of drug-likeness (QED) is 0.725. The Morgan fingerprint density at radius 2 is 2.11 bits per heavy atom. The number of nitrogens with one attached hydrogen (secondary N) is 1. The molecule has 0 spiro atoms. The van der Waals surface area contributed by atoms with Crippen molar-refractivity contribution in [1.29, 1.82) is 0 Å². The summed E-state index contributed by atoms with van der Waals surface area (Å²) in [6, 6.07) is 11.8. The lowest BCUT2D eigenvalue weighted by Gasteiger charge is -2.33. The maximum absolute atomic E-state index is 12.5. The number of carbonyl (C=O) groups excluding carboxylic acids is 1. The van der Waals surface area contributed by atoms with Gasteiger partial charge in [-0.05, 0) is 29.8 Å². The summed E-state index contributed by atoms with van der Waals surface area (Å²) in [5, 5.41) is 7.40. The fourth-order valence-corrected chi connectivity index (χ4v) is 3.46. The summed E-state index contributed by atoms with van der Waals surface area (Å²) in [6.07, 6.45) is 7.60. The highest BCUT2D eigenvalue weighted by Gasteiger charge is 2.27. The minimum absolute atomic E-state index is 0.00957. The largest absolute Gasteiger partial charge is 0.350 e. The van der Waals surface area contributed by atoms with E-state index in [0.29, 0.717) is 13.0 Å². The predicted molar refractivity (Wildman–Crippen MR) is 100 cm³/mol. The summed E-state index contributed by atoms with van der Waals surface area (Å²) in [5.74, 6) is 0.00957. The van der Waals surface area contributed by atoms with Crippen molar-refractivity contribution in [3.8, 4) is 0 Å². The zero-order valence-corrected chi connectivity index (χ0v) is 15.0. The molecule has 1 amide bonds. The molecule has 3 aromatic heterocycles. The van der Waals surface area contributed by atoms with E-state index in [1.165, 1.54) is 5.56 Å². The lowest BCUT2D eigenvalue weighted by atomic mass is 10.1. The zero-order valence-electron chi connectivity index (χ0n) is 15.0. The molecule has 7 nitrogen and oxygen atoms in total. The molecule has 1 aliphatic heterocycles. The van der Waals surface area contributed by atoms with E-state index in [0.717, 1.165) is 31.0 Å². The van der Waals surface area contributed by atoms with Gasteiger partial charge in [0.05, 0.1) is 30.4 Å². The number of nitrogens with zero attached hydrogens (tertiary/aromatic N) is 5. The second-order valence-electron chi connectivity index (χ2n) is 6.75. The van der Waals surface area contributed by atoms with Crippen LogP contribution in [0, 0.1) is 0 Å².